The molecule has 4 nitrogen and oxygen atoms in total. The summed E-state index contributed by atoms with van der Waals surface area (Å²) in [5.41, 5.74) is 1.34. The summed E-state index contributed by atoms with van der Waals surface area (Å²) in [6.07, 6.45) is 3.30. The van der Waals surface area contributed by atoms with E-state index in [9.17, 15) is 0 Å². The molecular weight excluding hydrogens is 328 g/mol. The van der Waals surface area contributed by atoms with Gasteiger partial charge in [-0.3, -0.25) is 0 Å². The van der Waals surface area contributed by atoms with Crippen molar-refractivity contribution in [2.75, 3.05) is 18.0 Å². The topological polar surface area (TPSA) is 41.1 Å². The molecule has 1 aliphatic rings. The van der Waals surface area contributed by atoms with Crippen molar-refractivity contribution in [3.05, 3.63) is 53.2 Å². The van der Waals surface area contributed by atoms with Crippen LogP contribution in [-0.4, -0.2) is 29.1 Å². The van der Waals surface area contributed by atoms with Gasteiger partial charge in [0.2, 0.25) is 0 Å². The number of thiophene rings is 1. The van der Waals surface area contributed by atoms with Gasteiger partial charge in [0.05, 0.1) is 5.39 Å². The highest BCUT2D eigenvalue weighted by molar-refractivity contribution is 7.16. The van der Waals surface area contributed by atoms with E-state index >= 15 is 0 Å². The molecule has 0 amide bonds. The smallest absolute Gasteiger partial charge is 0.141 e. The van der Waals surface area contributed by atoms with Crippen molar-refractivity contribution < 1.29 is 0 Å². The number of hydrogen-bond donors (Lipinski definition) is 1. The summed E-state index contributed by atoms with van der Waals surface area (Å²) in [6, 6.07) is 13.3. The van der Waals surface area contributed by atoms with Crippen molar-refractivity contribution >= 4 is 27.4 Å². The van der Waals surface area contributed by atoms with Crippen LogP contribution in [0.15, 0.2) is 41.8 Å². The average Bonchev–Trinajstić information content (AvgIpc) is 3.15. The lowest BCUT2D eigenvalue weighted by Gasteiger charge is -2.34. The zero-order chi connectivity index (χ0) is 17.1. The minimum atomic E-state index is 0.502. The molecule has 0 radical (unpaired) electrons. The quantitative estimate of drug-likeness (QED) is 0.753. The van der Waals surface area contributed by atoms with E-state index in [4.69, 9.17) is 4.98 Å². The Labute approximate surface area is 152 Å². The standard InChI is InChI=1S/C20H24N4S/c1-2-18-22-19(17-10-12-25-20(17)23-18)24-11-6-9-16(14-24)21-13-15-7-4-3-5-8-15/h3-5,7-8,10,12,16,21H,2,6,9,11,13-14H2,1H3. The van der Waals surface area contributed by atoms with E-state index in [0.29, 0.717) is 6.04 Å². The number of aromatic nitrogens is 2. The Balaban J connectivity index is 1.50. The molecule has 25 heavy (non-hydrogen) atoms. The summed E-state index contributed by atoms with van der Waals surface area (Å²) < 4.78 is 0. The van der Waals surface area contributed by atoms with Gasteiger partial charge in [-0.15, -0.1) is 11.3 Å². The Morgan fingerprint density at radius 1 is 1.20 bits per heavy atom. The first-order valence-corrected chi connectivity index (χ1v) is 9.98. The van der Waals surface area contributed by atoms with Crippen LogP contribution in [0.25, 0.3) is 10.2 Å². The number of aryl methyl sites for hydroxylation is 1. The van der Waals surface area contributed by atoms with Crippen LogP contribution in [0, 0.1) is 0 Å². The number of piperidine rings is 1. The minimum Gasteiger partial charge on any atom is -0.354 e. The molecule has 1 aliphatic heterocycles. The maximum atomic E-state index is 4.86. The molecular formula is C20H24N4S. The minimum absolute atomic E-state index is 0.502. The lowest BCUT2D eigenvalue weighted by Crippen LogP contribution is -2.46. The highest BCUT2D eigenvalue weighted by Crippen LogP contribution is 2.29. The third-order valence-corrected chi connectivity index (χ3v) is 5.63. The van der Waals surface area contributed by atoms with Crippen LogP contribution in [0.4, 0.5) is 5.82 Å². The molecule has 2 aromatic heterocycles. The Morgan fingerprint density at radius 3 is 2.92 bits per heavy atom. The van der Waals surface area contributed by atoms with Crippen LogP contribution in [0.5, 0.6) is 0 Å². The highest BCUT2D eigenvalue weighted by Gasteiger charge is 2.23. The number of benzene rings is 1. The second-order valence-electron chi connectivity index (χ2n) is 6.61. The molecule has 1 unspecified atom stereocenters. The molecule has 1 fully saturated rings. The van der Waals surface area contributed by atoms with Gasteiger partial charge in [-0.1, -0.05) is 37.3 Å². The van der Waals surface area contributed by atoms with E-state index in [1.165, 1.54) is 23.8 Å². The van der Waals surface area contributed by atoms with Gasteiger partial charge >= 0.3 is 0 Å². The van der Waals surface area contributed by atoms with E-state index < -0.39 is 0 Å². The van der Waals surface area contributed by atoms with Crippen LogP contribution < -0.4 is 10.2 Å². The predicted octanol–water partition coefficient (Wildman–Crippen LogP) is 4.01. The number of fused-ring (bicyclic) bond motifs is 1. The van der Waals surface area contributed by atoms with Crippen molar-refractivity contribution in [2.24, 2.45) is 0 Å². The molecule has 4 rings (SSSR count). The summed E-state index contributed by atoms with van der Waals surface area (Å²) in [7, 11) is 0. The molecule has 0 spiro atoms. The zero-order valence-corrected chi connectivity index (χ0v) is 15.4. The molecule has 0 aliphatic carbocycles. The second kappa shape index (κ2) is 7.50. The van der Waals surface area contributed by atoms with E-state index in [2.05, 4.69) is 63.9 Å². The van der Waals surface area contributed by atoms with Crippen molar-refractivity contribution in [1.29, 1.82) is 0 Å². The molecule has 130 valence electrons. The van der Waals surface area contributed by atoms with Gasteiger partial charge in [0.25, 0.3) is 0 Å². The maximum Gasteiger partial charge on any atom is 0.141 e. The molecule has 3 aromatic rings. The fraction of sp³-hybridized carbons (Fsp3) is 0.400. The average molecular weight is 353 g/mol. The van der Waals surface area contributed by atoms with Crippen molar-refractivity contribution in [3.63, 3.8) is 0 Å². The van der Waals surface area contributed by atoms with Crippen molar-refractivity contribution in [2.45, 2.75) is 38.8 Å². The maximum absolute atomic E-state index is 4.86. The summed E-state index contributed by atoms with van der Waals surface area (Å²) in [5.74, 6) is 2.07. The van der Waals surface area contributed by atoms with Gasteiger partial charge in [-0.2, -0.15) is 0 Å². The van der Waals surface area contributed by atoms with Crippen LogP contribution in [0.2, 0.25) is 0 Å². The predicted molar refractivity (Wildman–Crippen MR) is 105 cm³/mol. The molecule has 1 saturated heterocycles. The largest absolute Gasteiger partial charge is 0.354 e. The molecule has 0 saturated carbocycles. The lowest BCUT2D eigenvalue weighted by molar-refractivity contribution is 0.420. The first kappa shape index (κ1) is 16.5. The van der Waals surface area contributed by atoms with Crippen LogP contribution >= 0.6 is 11.3 Å². The Kier molecular flexibility index (Phi) is 4.95. The fourth-order valence-electron chi connectivity index (χ4n) is 3.48. The molecule has 5 heteroatoms. The van der Waals surface area contributed by atoms with Crippen LogP contribution in [0.3, 0.4) is 0 Å². The number of rotatable bonds is 5. The van der Waals surface area contributed by atoms with Gasteiger partial charge in [0.15, 0.2) is 0 Å². The molecule has 1 atom stereocenters. The SMILES string of the molecule is CCc1nc(N2CCCC(NCc3ccccc3)C2)c2ccsc2n1. The first-order valence-electron chi connectivity index (χ1n) is 9.10. The van der Waals surface area contributed by atoms with E-state index in [1.807, 2.05) is 0 Å². The first-order chi connectivity index (χ1) is 12.3. The number of hydrogen-bond acceptors (Lipinski definition) is 5. The summed E-state index contributed by atoms with van der Waals surface area (Å²) in [5, 5.41) is 7.05. The van der Waals surface area contributed by atoms with Gasteiger partial charge in [-0.25, -0.2) is 9.97 Å². The highest BCUT2D eigenvalue weighted by atomic mass is 32.1. The van der Waals surface area contributed by atoms with E-state index in [-0.39, 0.29) is 0 Å². The summed E-state index contributed by atoms with van der Waals surface area (Å²) in [6.45, 7) is 5.14. The molecule has 1 aromatic carbocycles. The van der Waals surface area contributed by atoms with Crippen LogP contribution in [-0.2, 0) is 13.0 Å². The molecule has 1 N–H and O–H groups in total. The Morgan fingerprint density at radius 2 is 2.08 bits per heavy atom. The lowest BCUT2D eigenvalue weighted by atomic mass is 10.0. The van der Waals surface area contributed by atoms with Crippen LogP contribution in [0.1, 0.15) is 31.2 Å². The second-order valence-corrected chi connectivity index (χ2v) is 7.50. The van der Waals surface area contributed by atoms with Crippen molar-refractivity contribution in [3.8, 4) is 0 Å². The number of nitrogens with zero attached hydrogens (tertiary/aromatic N) is 3. The Hall–Kier alpha value is -1.98. The summed E-state index contributed by atoms with van der Waals surface area (Å²) in [4.78, 5) is 13.1. The third-order valence-electron chi connectivity index (χ3n) is 4.83. The van der Waals surface area contributed by atoms with E-state index in [1.54, 1.807) is 11.3 Å². The van der Waals surface area contributed by atoms with Gasteiger partial charge < -0.3 is 10.2 Å². The van der Waals surface area contributed by atoms with Gasteiger partial charge in [0.1, 0.15) is 16.5 Å². The fourth-order valence-corrected chi connectivity index (χ4v) is 4.25. The molecule has 3 heterocycles. The van der Waals surface area contributed by atoms with E-state index in [0.717, 1.165) is 42.5 Å². The van der Waals surface area contributed by atoms with Gasteiger partial charge in [-0.05, 0) is 29.9 Å². The van der Waals surface area contributed by atoms with Crippen molar-refractivity contribution in [1.82, 2.24) is 15.3 Å². The Bertz CT molecular complexity index is 830. The normalized spacial score (nSPS) is 18.0. The number of nitrogens with one attached hydrogen (secondary N) is 1. The monoisotopic (exact) mass is 352 g/mol. The number of anilines is 1. The molecule has 0 bridgehead atoms. The summed E-state index contributed by atoms with van der Waals surface area (Å²) >= 11 is 1.71. The third kappa shape index (κ3) is 3.67. The zero-order valence-electron chi connectivity index (χ0n) is 14.6. The van der Waals surface area contributed by atoms with Gasteiger partial charge in [0, 0.05) is 32.1 Å².